The van der Waals surface area contributed by atoms with Crippen LogP contribution < -0.4 is 4.90 Å². The first kappa shape index (κ1) is 17.1. The number of imidazole rings is 1. The van der Waals surface area contributed by atoms with Gasteiger partial charge in [-0.3, -0.25) is 4.79 Å². The summed E-state index contributed by atoms with van der Waals surface area (Å²) in [6.45, 7) is 4.41. The van der Waals surface area contributed by atoms with Crippen LogP contribution in [-0.2, 0) is 11.8 Å². The third kappa shape index (κ3) is 4.60. The molecule has 0 spiro atoms. The molecule has 0 unspecified atom stereocenters. The van der Waals surface area contributed by atoms with Crippen molar-refractivity contribution < 1.29 is 4.79 Å². The lowest BCUT2D eigenvalue weighted by molar-refractivity contribution is -0.116. The first-order chi connectivity index (χ1) is 11.0. The van der Waals surface area contributed by atoms with Gasteiger partial charge in [0.15, 0.2) is 5.16 Å². The number of thioether (sulfide) groups is 1. The second-order valence-corrected chi connectivity index (χ2v) is 6.35. The third-order valence-corrected chi connectivity index (χ3v) is 4.41. The number of nitrogens with zero attached hydrogens (tertiary/aromatic N) is 4. The van der Waals surface area contributed by atoms with Crippen molar-refractivity contribution in [3.8, 4) is 6.07 Å². The van der Waals surface area contributed by atoms with Crippen molar-refractivity contribution in [1.29, 1.82) is 5.26 Å². The fourth-order valence-corrected chi connectivity index (χ4v) is 3.17. The summed E-state index contributed by atoms with van der Waals surface area (Å²) in [6.07, 6.45) is 3.88. The quantitative estimate of drug-likeness (QED) is 0.765. The molecular formula is C17H20N4OS. The van der Waals surface area contributed by atoms with Gasteiger partial charge in [0.1, 0.15) is 0 Å². The highest BCUT2D eigenvalue weighted by atomic mass is 32.2. The molecule has 0 bridgehead atoms. The molecule has 0 N–H and O–H groups in total. The highest BCUT2D eigenvalue weighted by Gasteiger charge is 2.17. The number of benzene rings is 1. The van der Waals surface area contributed by atoms with E-state index in [4.69, 9.17) is 5.26 Å². The molecule has 0 atom stereocenters. The van der Waals surface area contributed by atoms with Crippen LogP contribution in [0.5, 0.6) is 0 Å². The van der Waals surface area contributed by atoms with E-state index in [0.717, 1.165) is 22.0 Å². The number of nitriles is 1. The molecule has 0 aliphatic heterocycles. The molecule has 2 aromatic rings. The van der Waals surface area contributed by atoms with Gasteiger partial charge < -0.3 is 9.47 Å². The Hall–Kier alpha value is -2.26. The molecule has 0 saturated heterocycles. The Bertz CT molecular complexity index is 712. The lowest BCUT2D eigenvalue weighted by atomic mass is 10.1. The highest BCUT2D eigenvalue weighted by molar-refractivity contribution is 7.99. The van der Waals surface area contributed by atoms with Crippen LogP contribution >= 0.6 is 11.8 Å². The van der Waals surface area contributed by atoms with E-state index in [1.807, 2.05) is 43.8 Å². The minimum Gasteiger partial charge on any atom is -0.329 e. The lowest BCUT2D eigenvalue weighted by Crippen LogP contribution is -2.33. The Balaban J connectivity index is 2.15. The lowest BCUT2D eigenvalue weighted by Gasteiger charge is -2.22. The van der Waals surface area contributed by atoms with Gasteiger partial charge in [0.05, 0.1) is 18.2 Å². The van der Waals surface area contributed by atoms with Crippen LogP contribution in [0.4, 0.5) is 5.69 Å². The van der Waals surface area contributed by atoms with Crippen molar-refractivity contribution in [2.24, 2.45) is 7.05 Å². The molecule has 6 heteroatoms. The van der Waals surface area contributed by atoms with Crippen molar-refractivity contribution in [3.05, 3.63) is 41.7 Å². The summed E-state index contributed by atoms with van der Waals surface area (Å²) < 4.78 is 1.88. The number of carbonyl (C=O) groups excluding carboxylic acids is 1. The molecule has 0 radical (unpaired) electrons. The van der Waals surface area contributed by atoms with E-state index in [-0.39, 0.29) is 5.91 Å². The maximum Gasteiger partial charge on any atom is 0.237 e. The van der Waals surface area contributed by atoms with Crippen LogP contribution in [0.15, 0.2) is 35.7 Å². The Morgan fingerprint density at radius 3 is 2.61 bits per heavy atom. The molecular weight excluding hydrogens is 308 g/mol. The van der Waals surface area contributed by atoms with Gasteiger partial charge in [0, 0.05) is 31.7 Å². The summed E-state index contributed by atoms with van der Waals surface area (Å²) in [5.74, 6) is 0.279. The van der Waals surface area contributed by atoms with Crippen molar-refractivity contribution in [3.63, 3.8) is 0 Å². The molecule has 0 saturated carbocycles. The zero-order valence-electron chi connectivity index (χ0n) is 13.6. The molecule has 1 heterocycles. The average molecular weight is 328 g/mol. The Kier molecular flexibility index (Phi) is 5.83. The molecule has 1 aromatic heterocycles. The summed E-state index contributed by atoms with van der Waals surface area (Å²) in [5, 5.41) is 9.67. The van der Waals surface area contributed by atoms with Gasteiger partial charge >= 0.3 is 0 Å². The number of hydrogen-bond donors (Lipinski definition) is 0. The SMILES string of the molecule is Cc1cc(C)cc(N(CCC#N)C(=O)CSc2nccn2C)c1. The molecule has 2 rings (SSSR count). The van der Waals surface area contributed by atoms with Gasteiger partial charge in [0.2, 0.25) is 5.91 Å². The Labute approximate surface area is 140 Å². The van der Waals surface area contributed by atoms with Crippen LogP contribution in [0.2, 0.25) is 0 Å². The number of hydrogen-bond acceptors (Lipinski definition) is 4. The van der Waals surface area contributed by atoms with E-state index in [1.165, 1.54) is 11.8 Å². The van der Waals surface area contributed by atoms with Gasteiger partial charge in [-0.05, 0) is 37.1 Å². The predicted octanol–water partition coefficient (Wildman–Crippen LogP) is 3.08. The predicted molar refractivity (Wildman–Crippen MR) is 92.4 cm³/mol. The fraction of sp³-hybridized carbons (Fsp3) is 0.353. The van der Waals surface area contributed by atoms with E-state index in [0.29, 0.717) is 18.7 Å². The maximum absolute atomic E-state index is 12.6. The van der Waals surface area contributed by atoms with Crippen molar-refractivity contribution in [1.82, 2.24) is 9.55 Å². The Morgan fingerprint density at radius 1 is 1.35 bits per heavy atom. The summed E-state index contributed by atoms with van der Waals surface area (Å²) in [4.78, 5) is 18.5. The number of carbonyl (C=O) groups is 1. The fourth-order valence-electron chi connectivity index (χ4n) is 2.36. The van der Waals surface area contributed by atoms with Crippen molar-refractivity contribution >= 4 is 23.4 Å². The van der Waals surface area contributed by atoms with Crippen LogP contribution in [0, 0.1) is 25.2 Å². The van der Waals surface area contributed by atoms with E-state index >= 15 is 0 Å². The molecule has 0 aliphatic rings. The Morgan fingerprint density at radius 2 is 2.04 bits per heavy atom. The molecule has 1 amide bonds. The monoisotopic (exact) mass is 328 g/mol. The topological polar surface area (TPSA) is 61.9 Å². The number of anilines is 1. The minimum absolute atomic E-state index is 0.0155. The van der Waals surface area contributed by atoms with Gasteiger partial charge in [-0.25, -0.2) is 4.98 Å². The second kappa shape index (κ2) is 7.84. The molecule has 23 heavy (non-hydrogen) atoms. The normalized spacial score (nSPS) is 10.3. The smallest absolute Gasteiger partial charge is 0.237 e. The van der Waals surface area contributed by atoms with E-state index in [2.05, 4.69) is 17.1 Å². The maximum atomic E-state index is 12.6. The van der Waals surface area contributed by atoms with Crippen LogP contribution in [0.3, 0.4) is 0 Å². The van der Waals surface area contributed by atoms with Crippen molar-refractivity contribution in [2.75, 3.05) is 17.2 Å². The number of aryl methyl sites for hydroxylation is 3. The number of rotatable bonds is 6. The first-order valence-corrected chi connectivity index (χ1v) is 8.35. The van der Waals surface area contributed by atoms with Gasteiger partial charge in [-0.2, -0.15) is 5.26 Å². The van der Waals surface area contributed by atoms with E-state index in [1.54, 1.807) is 11.1 Å². The average Bonchev–Trinajstić information content (AvgIpc) is 2.90. The number of amides is 1. The first-order valence-electron chi connectivity index (χ1n) is 7.37. The summed E-state index contributed by atoms with van der Waals surface area (Å²) in [6, 6.07) is 8.14. The summed E-state index contributed by atoms with van der Waals surface area (Å²) in [5.41, 5.74) is 3.06. The van der Waals surface area contributed by atoms with Gasteiger partial charge in [0.25, 0.3) is 0 Å². The van der Waals surface area contributed by atoms with Crippen LogP contribution in [0.25, 0.3) is 0 Å². The van der Waals surface area contributed by atoms with Gasteiger partial charge in [-0.1, -0.05) is 17.8 Å². The molecule has 0 aliphatic carbocycles. The largest absolute Gasteiger partial charge is 0.329 e. The molecule has 5 nitrogen and oxygen atoms in total. The summed E-state index contributed by atoms with van der Waals surface area (Å²) in [7, 11) is 1.90. The van der Waals surface area contributed by atoms with E-state index in [9.17, 15) is 4.79 Å². The molecule has 120 valence electrons. The molecule has 1 aromatic carbocycles. The van der Waals surface area contributed by atoms with Crippen LogP contribution in [0.1, 0.15) is 17.5 Å². The zero-order chi connectivity index (χ0) is 16.8. The van der Waals surface area contributed by atoms with Crippen molar-refractivity contribution in [2.45, 2.75) is 25.4 Å². The second-order valence-electron chi connectivity index (χ2n) is 5.41. The zero-order valence-corrected chi connectivity index (χ0v) is 14.4. The number of aromatic nitrogens is 2. The highest BCUT2D eigenvalue weighted by Crippen LogP contribution is 2.22. The standard InChI is InChI=1S/C17H20N4OS/c1-13-9-14(2)11-15(10-13)21(7-4-5-18)16(22)12-23-17-19-6-8-20(17)3/h6,8-11H,4,7,12H2,1-3H3. The summed E-state index contributed by atoms with van der Waals surface area (Å²) >= 11 is 1.40. The van der Waals surface area contributed by atoms with Gasteiger partial charge in [-0.15, -0.1) is 0 Å². The van der Waals surface area contributed by atoms with Crippen LogP contribution in [-0.4, -0.2) is 27.8 Å². The molecule has 0 fully saturated rings. The van der Waals surface area contributed by atoms with E-state index < -0.39 is 0 Å². The third-order valence-electron chi connectivity index (χ3n) is 3.37. The minimum atomic E-state index is -0.0155.